The fraction of sp³-hybridized carbons (Fsp3) is 0.222. The van der Waals surface area contributed by atoms with E-state index in [9.17, 15) is 18.0 Å². The van der Waals surface area contributed by atoms with Crippen LogP contribution in [0, 0.1) is 6.92 Å². The van der Waals surface area contributed by atoms with Crippen molar-refractivity contribution in [3.05, 3.63) is 33.8 Å². The molecule has 0 aliphatic rings. The van der Waals surface area contributed by atoms with Crippen LogP contribution in [0.5, 0.6) is 0 Å². The van der Waals surface area contributed by atoms with Crippen molar-refractivity contribution in [2.24, 2.45) is 0 Å². The zero-order valence-electron chi connectivity index (χ0n) is 7.52. The number of rotatable bonds is 1. The first kappa shape index (κ1) is 11.8. The molecule has 1 N–H and O–H groups in total. The van der Waals surface area contributed by atoms with Crippen LogP contribution in [0.2, 0.25) is 5.02 Å². The molecule has 1 rings (SSSR count). The molecule has 0 radical (unpaired) electrons. The van der Waals surface area contributed by atoms with Gasteiger partial charge in [-0.1, -0.05) is 11.6 Å². The highest BCUT2D eigenvalue weighted by molar-refractivity contribution is 6.31. The summed E-state index contributed by atoms with van der Waals surface area (Å²) in [6.45, 7) is 1.35. The third-order valence-electron chi connectivity index (χ3n) is 1.90. The van der Waals surface area contributed by atoms with Crippen LogP contribution in [0.1, 0.15) is 21.5 Å². The van der Waals surface area contributed by atoms with Gasteiger partial charge >= 0.3 is 12.1 Å². The van der Waals surface area contributed by atoms with E-state index in [1.54, 1.807) is 0 Å². The Bertz CT molecular complexity index is 413. The Hall–Kier alpha value is -1.23. The summed E-state index contributed by atoms with van der Waals surface area (Å²) in [7, 11) is 0. The first-order chi connectivity index (χ1) is 6.73. The first-order valence-electron chi connectivity index (χ1n) is 3.84. The Morgan fingerprint density at radius 3 is 2.33 bits per heavy atom. The zero-order chi connectivity index (χ0) is 11.8. The van der Waals surface area contributed by atoms with Crippen LogP contribution >= 0.6 is 11.6 Å². The SMILES string of the molecule is Cc1c(Cl)cc(C(F)(F)F)cc1C(=O)O. The summed E-state index contributed by atoms with van der Waals surface area (Å²) in [5, 5.41) is 8.45. The number of carbonyl (C=O) groups is 1. The molecule has 0 saturated heterocycles. The lowest BCUT2D eigenvalue weighted by Gasteiger charge is -2.10. The number of benzene rings is 1. The molecular weight excluding hydrogens is 233 g/mol. The predicted molar refractivity (Wildman–Crippen MR) is 48.2 cm³/mol. The molecule has 0 fully saturated rings. The summed E-state index contributed by atoms with van der Waals surface area (Å²) < 4.78 is 36.9. The second-order valence-corrected chi connectivity index (χ2v) is 3.34. The Morgan fingerprint density at radius 1 is 1.40 bits per heavy atom. The van der Waals surface area contributed by atoms with Crippen molar-refractivity contribution in [3.8, 4) is 0 Å². The van der Waals surface area contributed by atoms with Crippen molar-refractivity contribution in [2.75, 3.05) is 0 Å². The molecular formula is C9H6ClF3O2. The van der Waals surface area contributed by atoms with Crippen molar-refractivity contribution in [1.29, 1.82) is 0 Å². The van der Waals surface area contributed by atoms with Crippen LogP contribution < -0.4 is 0 Å². The number of carboxylic acids is 1. The van der Waals surface area contributed by atoms with Gasteiger partial charge in [0, 0.05) is 5.02 Å². The maximum absolute atomic E-state index is 12.3. The molecule has 1 aromatic rings. The predicted octanol–water partition coefficient (Wildman–Crippen LogP) is 3.37. The van der Waals surface area contributed by atoms with E-state index in [0.29, 0.717) is 12.1 Å². The van der Waals surface area contributed by atoms with Gasteiger partial charge in [0.05, 0.1) is 11.1 Å². The second-order valence-electron chi connectivity index (χ2n) is 2.93. The van der Waals surface area contributed by atoms with Crippen molar-refractivity contribution in [1.82, 2.24) is 0 Å². The Balaban J connectivity index is 3.43. The largest absolute Gasteiger partial charge is 0.478 e. The molecule has 0 aliphatic carbocycles. The summed E-state index contributed by atoms with van der Waals surface area (Å²) in [6, 6.07) is 1.28. The fourth-order valence-corrected chi connectivity index (χ4v) is 1.28. The number of aromatic carboxylic acids is 1. The third kappa shape index (κ3) is 2.41. The van der Waals surface area contributed by atoms with Crippen LogP contribution in [-0.2, 0) is 6.18 Å². The number of carboxylic acid groups (broad SMARTS) is 1. The molecule has 0 bridgehead atoms. The van der Waals surface area contributed by atoms with Crippen LogP contribution in [0.3, 0.4) is 0 Å². The highest BCUT2D eigenvalue weighted by Crippen LogP contribution is 2.33. The van der Waals surface area contributed by atoms with Crippen LogP contribution in [0.25, 0.3) is 0 Å². The molecule has 0 aromatic heterocycles. The lowest BCUT2D eigenvalue weighted by Crippen LogP contribution is -2.09. The minimum absolute atomic E-state index is 0.122. The smallest absolute Gasteiger partial charge is 0.416 e. The molecule has 0 saturated carbocycles. The highest BCUT2D eigenvalue weighted by Gasteiger charge is 2.32. The molecule has 6 heteroatoms. The lowest BCUT2D eigenvalue weighted by atomic mass is 10.0. The second kappa shape index (κ2) is 3.73. The maximum atomic E-state index is 12.3. The van der Waals surface area contributed by atoms with Crippen LogP contribution in [0.15, 0.2) is 12.1 Å². The minimum atomic E-state index is -4.60. The summed E-state index contributed by atoms with van der Waals surface area (Å²) >= 11 is 5.51. The quantitative estimate of drug-likeness (QED) is 0.815. The summed E-state index contributed by atoms with van der Waals surface area (Å²) in [5.74, 6) is -1.43. The van der Waals surface area contributed by atoms with E-state index in [4.69, 9.17) is 16.7 Å². The summed E-state index contributed by atoms with van der Waals surface area (Å²) in [6.07, 6.45) is -4.60. The van der Waals surface area contributed by atoms with E-state index >= 15 is 0 Å². The Morgan fingerprint density at radius 2 is 1.93 bits per heavy atom. The van der Waals surface area contributed by atoms with Crippen molar-refractivity contribution >= 4 is 17.6 Å². The first-order valence-corrected chi connectivity index (χ1v) is 4.22. The van der Waals surface area contributed by atoms with Gasteiger partial charge in [-0.05, 0) is 24.6 Å². The molecule has 1 aromatic carbocycles. The van der Waals surface area contributed by atoms with Gasteiger partial charge in [-0.25, -0.2) is 4.79 Å². The van der Waals surface area contributed by atoms with Gasteiger partial charge in [0.25, 0.3) is 0 Å². The highest BCUT2D eigenvalue weighted by atomic mass is 35.5. The van der Waals surface area contributed by atoms with Gasteiger partial charge in [0.15, 0.2) is 0 Å². The molecule has 0 heterocycles. The lowest BCUT2D eigenvalue weighted by molar-refractivity contribution is -0.137. The maximum Gasteiger partial charge on any atom is 0.416 e. The summed E-state index contributed by atoms with van der Waals surface area (Å²) in [4.78, 5) is 10.6. The Kier molecular flexibility index (Phi) is 2.95. The van der Waals surface area contributed by atoms with Gasteiger partial charge in [-0.2, -0.15) is 13.2 Å². The van der Waals surface area contributed by atoms with E-state index in [1.165, 1.54) is 6.92 Å². The average molecular weight is 239 g/mol. The Labute approximate surface area is 88.3 Å². The average Bonchev–Trinajstić information content (AvgIpc) is 2.06. The van der Waals surface area contributed by atoms with Crippen molar-refractivity contribution in [3.63, 3.8) is 0 Å². The fourth-order valence-electron chi connectivity index (χ4n) is 1.06. The van der Waals surface area contributed by atoms with Gasteiger partial charge in [-0.3, -0.25) is 0 Å². The van der Waals surface area contributed by atoms with Crippen molar-refractivity contribution in [2.45, 2.75) is 13.1 Å². The van der Waals surface area contributed by atoms with Gasteiger partial charge in [0.1, 0.15) is 0 Å². The minimum Gasteiger partial charge on any atom is -0.478 e. The topological polar surface area (TPSA) is 37.3 Å². The number of hydrogen-bond acceptors (Lipinski definition) is 1. The molecule has 15 heavy (non-hydrogen) atoms. The third-order valence-corrected chi connectivity index (χ3v) is 2.29. The monoisotopic (exact) mass is 238 g/mol. The molecule has 82 valence electrons. The molecule has 0 atom stereocenters. The number of alkyl halides is 3. The summed E-state index contributed by atoms with van der Waals surface area (Å²) in [5.41, 5.74) is -1.37. The molecule has 0 spiro atoms. The van der Waals surface area contributed by atoms with E-state index in [-0.39, 0.29) is 10.6 Å². The molecule has 0 aliphatic heterocycles. The number of halogens is 4. The molecule has 0 unspecified atom stereocenters. The van der Waals surface area contributed by atoms with Crippen LogP contribution in [0.4, 0.5) is 13.2 Å². The number of hydrogen-bond donors (Lipinski definition) is 1. The standard InChI is InChI=1S/C9H6ClF3O2/c1-4-6(8(14)15)2-5(3-7(4)10)9(11,12)13/h2-3H,1H3,(H,14,15). The van der Waals surface area contributed by atoms with E-state index in [1.807, 2.05) is 0 Å². The van der Waals surface area contributed by atoms with Gasteiger partial charge in [-0.15, -0.1) is 0 Å². The van der Waals surface area contributed by atoms with Crippen molar-refractivity contribution < 1.29 is 23.1 Å². The molecule has 0 amide bonds. The van der Waals surface area contributed by atoms with E-state index in [2.05, 4.69) is 0 Å². The van der Waals surface area contributed by atoms with Crippen LogP contribution in [-0.4, -0.2) is 11.1 Å². The van der Waals surface area contributed by atoms with Gasteiger partial charge in [0.2, 0.25) is 0 Å². The van der Waals surface area contributed by atoms with E-state index in [0.717, 1.165) is 0 Å². The van der Waals surface area contributed by atoms with E-state index < -0.39 is 23.3 Å². The zero-order valence-corrected chi connectivity index (χ0v) is 8.28. The normalized spacial score (nSPS) is 11.5. The van der Waals surface area contributed by atoms with Gasteiger partial charge < -0.3 is 5.11 Å². The molecule has 2 nitrogen and oxygen atoms in total.